The molecule has 0 radical (unpaired) electrons. The molecule has 1 fully saturated rings. The van der Waals surface area contributed by atoms with Gasteiger partial charge in [-0.3, -0.25) is 4.79 Å². The number of Topliss-reactive ketones (excluding diaryl/α,β-unsaturated/α-hetero) is 1. The van der Waals surface area contributed by atoms with E-state index in [0.717, 1.165) is 30.1 Å². The Bertz CT molecular complexity index is 459. The van der Waals surface area contributed by atoms with E-state index >= 15 is 0 Å². The fourth-order valence-electron chi connectivity index (χ4n) is 2.81. The Morgan fingerprint density at radius 3 is 2.61 bits per heavy atom. The predicted octanol–water partition coefficient (Wildman–Crippen LogP) is 3.42. The largest absolute Gasteiger partial charge is 0.454 e. The molecule has 0 atom stereocenters. The lowest BCUT2D eigenvalue weighted by Crippen LogP contribution is -2.20. The van der Waals surface area contributed by atoms with E-state index in [1.54, 1.807) is 0 Å². The summed E-state index contributed by atoms with van der Waals surface area (Å²) in [7, 11) is 0. The van der Waals surface area contributed by atoms with Crippen LogP contribution < -0.4 is 9.47 Å². The van der Waals surface area contributed by atoms with Crippen LogP contribution in [0.4, 0.5) is 0 Å². The van der Waals surface area contributed by atoms with Gasteiger partial charge in [0.2, 0.25) is 6.79 Å². The zero-order valence-electron chi connectivity index (χ0n) is 10.6. The number of hydrogen-bond donors (Lipinski definition) is 0. The van der Waals surface area contributed by atoms with E-state index < -0.39 is 0 Å². The molecule has 18 heavy (non-hydrogen) atoms. The zero-order valence-corrected chi connectivity index (χ0v) is 10.6. The van der Waals surface area contributed by atoms with Crippen LogP contribution in [0.2, 0.25) is 0 Å². The van der Waals surface area contributed by atoms with Gasteiger partial charge in [-0.2, -0.15) is 0 Å². The monoisotopic (exact) mass is 246 g/mol. The van der Waals surface area contributed by atoms with Crippen LogP contribution >= 0.6 is 0 Å². The second-order valence-corrected chi connectivity index (χ2v) is 5.39. The topological polar surface area (TPSA) is 35.5 Å². The van der Waals surface area contributed by atoms with E-state index in [-0.39, 0.29) is 18.5 Å². The molecule has 0 unspecified atom stereocenters. The minimum absolute atomic E-state index is 0.196. The molecule has 0 aromatic heterocycles. The lowest BCUT2D eigenvalue weighted by molar-refractivity contribution is 0.0875. The van der Waals surface area contributed by atoms with Gasteiger partial charge in [-0.05, 0) is 37.0 Å². The smallest absolute Gasteiger partial charge is 0.231 e. The average Bonchev–Trinajstić information content (AvgIpc) is 2.86. The number of rotatable bonds is 2. The molecular weight excluding hydrogens is 228 g/mol. The van der Waals surface area contributed by atoms with Gasteiger partial charge in [-0.25, -0.2) is 0 Å². The van der Waals surface area contributed by atoms with Crippen molar-refractivity contribution in [2.45, 2.75) is 32.6 Å². The molecule has 1 aliphatic carbocycles. The fourth-order valence-corrected chi connectivity index (χ4v) is 2.81. The number of ketones is 1. The summed E-state index contributed by atoms with van der Waals surface area (Å²) < 4.78 is 10.6. The molecule has 1 aliphatic heterocycles. The number of benzene rings is 1. The summed E-state index contributed by atoms with van der Waals surface area (Å²) in [6, 6.07) is 5.51. The maximum atomic E-state index is 12.4. The van der Waals surface area contributed by atoms with Crippen LogP contribution in [0.15, 0.2) is 18.2 Å². The summed E-state index contributed by atoms with van der Waals surface area (Å²) in [6.07, 6.45) is 4.38. The highest BCUT2D eigenvalue weighted by Gasteiger charge is 2.26. The first-order valence-electron chi connectivity index (χ1n) is 6.68. The van der Waals surface area contributed by atoms with Crippen molar-refractivity contribution in [1.29, 1.82) is 0 Å². The van der Waals surface area contributed by atoms with Crippen molar-refractivity contribution in [2.24, 2.45) is 11.8 Å². The highest BCUT2D eigenvalue weighted by molar-refractivity contribution is 5.98. The fraction of sp³-hybridized carbons (Fsp3) is 0.533. The Hall–Kier alpha value is -1.51. The summed E-state index contributed by atoms with van der Waals surface area (Å²) >= 11 is 0. The molecule has 0 spiro atoms. The number of fused-ring (bicyclic) bond motifs is 1. The van der Waals surface area contributed by atoms with Gasteiger partial charge >= 0.3 is 0 Å². The predicted molar refractivity (Wildman–Crippen MR) is 68.0 cm³/mol. The van der Waals surface area contributed by atoms with Crippen LogP contribution in [0.1, 0.15) is 43.0 Å². The van der Waals surface area contributed by atoms with Crippen LogP contribution in [0.25, 0.3) is 0 Å². The van der Waals surface area contributed by atoms with E-state index in [9.17, 15) is 4.79 Å². The van der Waals surface area contributed by atoms with Crippen molar-refractivity contribution in [3.8, 4) is 11.5 Å². The Morgan fingerprint density at radius 1 is 1.11 bits per heavy atom. The Kier molecular flexibility index (Phi) is 2.98. The molecule has 1 aromatic rings. The van der Waals surface area contributed by atoms with Gasteiger partial charge in [-0.1, -0.05) is 19.8 Å². The maximum Gasteiger partial charge on any atom is 0.231 e. The molecule has 3 rings (SSSR count). The van der Waals surface area contributed by atoms with Crippen molar-refractivity contribution < 1.29 is 14.3 Å². The van der Waals surface area contributed by atoms with Gasteiger partial charge < -0.3 is 9.47 Å². The molecule has 0 saturated heterocycles. The van der Waals surface area contributed by atoms with Crippen LogP contribution in [0.3, 0.4) is 0 Å². The summed E-state index contributed by atoms with van der Waals surface area (Å²) in [5.74, 6) is 2.67. The number of carbonyl (C=O) groups is 1. The van der Waals surface area contributed by atoms with Crippen molar-refractivity contribution in [3.05, 3.63) is 23.8 Å². The van der Waals surface area contributed by atoms with Gasteiger partial charge in [0, 0.05) is 11.5 Å². The van der Waals surface area contributed by atoms with E-state index in [2.05, 4.69) is 6.92 Å². The first kappa shape index (κ1) is 11.6. The van der Waals surface area contributed by atoms with Crippen molar-refractivity contribution in [1.82, 2.24) is 0 Å². The average molecular weight is 246 g/mol. The molecule has 1 saturated carbocycles. The van der Waals surface area contributed by atoms with E-state index in [0.29, 0.717) is 5.75 Å². The molecule has 1 heterocycles. The summed E-state index contributed by atoms with van der Waals surface area (Å²) in [6.45, 7) is 2.52. The molecule has 0 bridgehead atoms. The molecule has 3 nitrogen and oxygen atoms in total. The summed E-state index contributed by atoms with van der Waals surface area (Å²) in [5, 5.41) is 0. The van der Waals surface area contributed by atoms with E-state index in [1.807, 2.05) is 18.2 Å². The lowest BCUT2D eigenvalue weighted by Gasteiger charge is -2.25. The Labute approximate surface area is 107 Å². The molecular formula is C15H18O3. The molecule has 2 aliphatic rings. The molecule has 0 N–H and O–H groups in total. The van der Waals surface area contributed by atoms with Crippen LogP contribution in [-0.4, -0.2) is 12.6 Å². The second-order valence-electron chi connectivity index (χ2n) is 5.39. The number of ether oxygens (including phenoxy) is 2. The van der Waals surface area contributed by atoms with Gasteiger partial charge in [-0.15, -0.1) is 0 Å². The highest BCUT2D eigenvalue weighted by Crippen LogP contribution is 2.35. The van der Waals surface area contributed by atoms with Gasteiger partial charge in [0.05, 0.1) is 0 Å². The van der Waals surface area contributed by atoms with Crippen molar-refractivity contribution in [2.75, 3.05) is 6.79 Å². The molecule has 3 heteroatoms. The van der Waals surface area contributed by atoms with Gasteiger partial charge in [0.1, 0.15) is 0 Å². The number of carbonyl (C=O) groups excluding carboxylic acids is 1. The first-order chi connectivity index (χ1) is 8.74. The third kappa shape index (κ3) is 2.09. The third-order valence-electron chi connectivity index (χ3n) is 4.04. The Balaban J connectivity index is 1.76. The molecule has 96 valence electrons. The van der Waals surface area contributed by atoms with Crippen LogP contribution in [0, 0.1) is 11.8 Å². The van der Waals surface area contributed by atoms with E-state index in [1.165, 1.54) is 12.8 Å². The molecule has 0 amide bonds. The minimum atomic E-state index is 0.196. The normalized spacial score (nSPS) is 26.1. The Morgan fingerprint density at radius 2 is 1.83 bits per heavy atom. The minimum Gasteiger partial charge on any atom is -0.454 e. The zero-order chi connectivity index (χ0) is 12.5. The quantitative estimate of drug-likeness (QED) is 0.750. The van der Waals surface area contributed by atoms with Crippen LogP contribution in [0.5, 0.6) is 11.5 Å². The standard InChI is InChI=1S/C15H18O3/c1-10-2-4-11(5-3-10)15(16)12-6-7-13-14(8-12)18-9-17-13/h6-8,10-11H,2-5,9H2,1H3. The summed E-state index contributed by atoms with van der Waals surface area (Å²) in [5.41, 5.74) is 0.763. The van der Waals surface area contributed by atoms with Gasteiger partial charge in [0.15, 0.2) is 17.3 Å². The highest BCUT2D eigenvalue weighted by atomic mass is 16.7. The maximum absolute atomic E-state index is 12.4. The molecule has 1 aromatic carbocycles. The van der Waals surface area contributed by atoms with Crippen molar-refractivity contribution in [3.63, 3.8) is 0 Å². The first-order valence-corrected chi connectivity index (χ1v) is 6.68. The second kappa shape index (κ2) is 4.63. The number of hydrogen-bond acceptors (Lipinski definition) is 3. The SMILES string of the molecule is CC1CCC(C(=O)c2ccc3c(c2)OCO3)CC1. The van der Waals surface area contributed by atoms with Crippen LogP contribution in [-0.2, 0) is 0 Å². The van der Waals surface area contributed by atoms with Gasteiger partial charge in [0.25, 0.3) is 0 Å². The van der Waals surface area contributed by atoms with Crippen molar-refractivity contribution >= 4 is 5.78 Å². The lowest BCUT2D eigenvalue weighted by atomic mass is 9.79. The summed E-state index contributed by atoms with van der Waals surface area (Å²) in [4.78, 5) is 12.4. The van der Waals surface area contributed by atoms with E-state index in [4.69, 9.17) is 9.47 Å². The third-order valence-corrected chi connectivity index (χ3v) is 4.04.